The monoisotopic (exact) mass is 622 g/mol. The van der Waals surface area contributed by atoms with Crippen LogP contribution in [0.15, 0.2) is 113 Å². The lowest BCUT2D eigenvalue weighted by atomic mass is 10.00. The van der Waals surface area contributed by atoms with E-state index in [-0.39, 0.29) is 36.8 Å². The smallest absolute Gasteiger partial charge is 0.258 e. The molecule has 9 nitrogen and oxygen atoms in total. The Morgan fingerprint density at radius 3 is 2.43 bits per heavy atom. The normalized spacial score (nSPS) is 14.3. The number of benzene rings is 3. The van der Waals surface area contributed by atoms with Crippen molar-refractivity contribution in [3.63, 3.8) is 0 Å². The van der Waals surface area contributed by atoms with E-state index in [1.54, 1.807) is 28.5 Å². The number of carbonyl (C=O) groups excluding carboxylic acids is 2. The third-order valence-electron chi connectivity index (χ3n) is 7.03. The van der Waals surface area contributed by atoms with Crippen LogP contribution >= 0.6 is 23.1 Å². The number of hydrogen-bond acceptors (Lipinski definition) is 8. The number of nitrogens with zero attached hydrogens (tertiary/aromatic N) is 5. The van der Waals surface area contributed by atoms with E-state index in [0.717, 1.165) is 27.4 Å². The molecule has 0 saturated carbocycles. The standard InChI is InChI=1S/C33H30N6O3S2/c1-23-14-16-24(17-15-23)28-19-27(29-13-8-18-43-29)37-39(28)32(41)22-44-33-36-35-30(38(33)25-9-4-2-5-10-25)20-34-31(40)21-42-26-11-6-3-7-12-26/h2-18,28H,19-22H2,1H3,(H,34,40)/t28-/m1/s1. The van der Waals surface area contributed by atoms with Gasteiger partial charge in [-0.05, 0) is 48.2 Å². The molecule has 2 aromatic heterocycles. The molecule has 3 aromatic carbocycles. The van der Waals surface area contributed by atoms with Crippen LogP contribution in [-0.2, 0) is 16.1 Å². The number of rotatable bonds is 11. The second-order valence-corrected chi connectivity index (χ2v) is 12.0. The third-order valence-corrected chi connectivity index (χ3v) is 8.86. The van der Waals surface area contributed by atoms with Gasteiger partial charge in [0, 0.05) is 12.1 Å². The van der Waals surface area contributed by atoms with E-state index in [1.165, 1.54) is 11.8 Å². The quantitative estimate of drug-likeness (QED) is 0.187. The highest BCUT2D eigenvalue weighted by molar-refractivity contribution is 7.99. The van der Waals surface area contributed by atoms with E-state index in [4.69, 9.17) is 9.84 Å². The summed E-state index contributed by atoms with van der Waals surface area (Å²) < 4.78 is 7.42. The lowest BCUT2D eigenvalue weighted by Crippen LogP contribution is -2.29. The molecule has 222 valence electrons. The van der Waals surface area contributed by atoms with Gasteiger partial charge in [-0.25, -0.2) is 5.01 Å². The molecule has 0 fully saturated rings. The van der Waals surface area contributed by atoms with E-state index >= 15 is 0 Å². The summed E-state index contributed by atoms with van der Waals surface area (Å²) in [5.41, 5.74) is 3.95. The van der Waals surface area contributed by atoms with E-state index in [0.29, 0.717) is 23.2 Å². The first kappa shape index (κ1) is 29.3. The number of hydrazone groups is 1. The van der Waals surface area contributed by atoms with Gasteiger partial charge < -0.3 is 10.1 Å². The first-order valence-electron chi connectivity index (χ1n) is 14.1. The van der Waals surface area contributed by atoms with Gasteiger partial charge in [0.15, 0.2) is 17.6 Å². The second-order valence-electron chi connectivity index (χ2n) is 10.1. The number of thioether (sulfide) groups is 1. The maximum absolute atomic E-state index is 13.7. The van der Waals surface area contributed by atoms with Crippen molar-refractivity contribution in [1.82, 2.24) is 25.1 Å². The molecular weight excluding hydrogens is 593 g/mol. The summed E-state index contributed by atoms with van der Waals surface area (Å²) >= 11 is 2.91. The molecule has 2 amide bonds. The average Bonchev–Trinajstić information content (AvgIpc) is 3.83. The van der Waals surface area contributed by atoms with Gasteiger partial charge in [-0.3, -0.25) is 14.2 Å². The maximum atomic E-state index is 13.7. The van der Waals surface area contributed by atoms with Crippen LogP contribution in [0.5, 0.6) is 5.75 Å². The van der Waals surface area contributed by atoms with Crippen molar-refractivity contribution in [2.75, 3.05) is 12.4 Å². The summed E-state index contributed by atoms with van der Waals surface area (Å²) in [6, 6.07) is 30.9. The highest BCUT2D eigenvalue weighted by atomic mass is 32.2. The maximum Gasteiger partial charge on any atom is 0.258 e. The van der Waals surface area contributed by atoms with Crippen molar-refractivity contribution in [3.05, 3.63) is 124 Å². The zero-order chi connectivity index (χ0) is 30.3. The zero-order valence-corrected chi connectivity index (χ0v) is 25.6. The van der Waals surface area contributed by atoms with Crippen molar-refractivity contribution in [2.24, 2.45) is 5.10 Å². The van der Waals surface area contributed by atoms with Crippen molar-refractivity contribution in [2.45, 2.75) is 31.1 Å². The summed E-state index contributed by atoms with van der Waals surface area (Å²) in [6.07, 6.45) is 0.651. The van der Waals surface area contributed by atoms with Crippen LogP contribution in [0.25, 0.3) is 5.69 Å². The molecule has 5 aromatic rings. The van der Waals surface area contributed by atoms with Crippen molar-refractivity contribution in [3.8, 4) is 11.4 Å². The fourth-order valence-electron chi connectivity index (χ4n) is 4.81. The first-order valence-corrected chi connectivity index (χ1v) is 16.0. The highest BCUT2D eigenvalue weighted by Crippen LogP contribution is 2.35. The SMILES string of the molecule is Cc1ccc([C@H]2CC(c3cccs3)=NN2C(=O)CSc2nnc(CNC(=O)COc3ccccc3)n2-c2ccccc2)cc1. The van der Waals surface area contributed by atoms with Crippen LogP contribution in [0.1, 0.15) is 34.3 Å². The fraction of sp³-hybridized carbons (Fsp3) is 0.182. The Balaban J connectivity index is 1.17. The average molecular weight is 623 g/mol. The van der Waals surface area contributed by atoms with Crippen LogP contribution in [-0.4, -0.2) is 49.7 Å². The molecule has 44 heavy (non-hydrogen) atoms. The molecular formula is C33H30N6O3S2. The molecule has 0 bridgehead atoms. The Kier molecular flexibility index (Phi) is 9.14. The number of aromatic nitrogens is 3. The summed E-state index contributed by atoms with van der Waals surface area (Å²) in [4.78, 5) is 27.3. The molecule has 0 aliphatic carbocycles. The number of aryl methyl sites for hydroxylation is 1. The Morgan fingerprint density at radius 2 is 1.70 bits per heavy atom. The Morgan fingerprint density at radius 1 is 0.955 bits per heavy atom. The molecule has 0 spiro atoms. The largest absolute Gasteiger partial charge is 0.484 e. The van der Waals surface area contributed by atoms with Gasteiger partial charge in [0.05, 0.1) is 28.9 Å². The molecule has 1 aliphatic heterocycles. The Labute approximate surface area is 263 Å². The van der Waals surface area contributed by atoms with Crippen LogP contribution in [0.2, 0.25) is 0 Å². The second kappa shape index (κ2) is 13.7. The molecule has 1 N–H and O–H groups in total. The van der Waals surface area contributed by atoms with Crippen LogP contribution in [0, 0.1) is 6.92 Å². The minimum Gasteiger partial charge on any atom is -0.484 e. The summed E-state index contributed by atoms with van der Waals surface area (Å²) in [5.74, 6) is 0.870. The molecule has 1 aliphatic rings. The third kappa shape index (κ3) is 6.90. The van der Waals surface area contributed by atoms with E-state index in [9.17, 15) is 9.59 Å². The van der Waals surface area contributed by atoms with Gasteiger partial charge in [-0.15, -0.1) is 21.5 Å². The van der Waals surface area contributed by atoms with Crippen molar-refractivity contribution < 1.29 is 14.3 Å². The van der Waals surface area contributed by atoms with E-state index < -0.39 is 0 Å². The summed E-state index contributed by atoms with van der Waals surface area (Å²) in [7, 11) is 0. The predicted octanol–water partition coefficient (Wildman–Crippen LogP) is 5.80. The van der Waals surface area contributed by atoms with Gasteiger partial charge >= 0.3 is 0 Å². The summed E-state index contributed by atoms with van der Waals surface area (Å²) in [5, 5.41) is 20.6. The number of amides is 2. The molecule has 0 radical (unpaired) electrons. The minimum absolute atomic E-state index is 0.117. The van der Waals surface area contributed by atoms with Crippen molar-refractivity contribution in [1.29, 1.82) is 0 Å². The predicted molar refractivity (Wildman–Crippen MR) is 172 cm³/mol. The van der Waals surface area contributed by atoms with Crippen molar-refractivity contribution >= 4 is 40.6 Å². The Hall–Kier alpha value is -4.74. The highest BCUT2D eigenvalue weighted by Gasteiger charge is 2.33. The number of hydrogen-bond donors (Lipinski definition) is 1. The molecule has 6 rings (SSSR count). The molecule has 11 heteroatoms. The topological polar surface area (TPSA) is 102 Å². The molecule has 0 unspecified atom stereocenters. The van der Waals surface area contributed by atoms with Gasteiger partial charge in [-0.2, -0.15) is 5.10 Å². The molecule has 1 atom stereocenters. The lowest BCUT2D eigenvalue weighted by molar-refractivity contribution is -0.130. The van der Waals surface area contributed by atoms with Crippen LogP contribution in [0.4, 0.5) is 0 Å². The zero-order valence-electron chi connectivity index (χ0n) is 24.0. The number of nitrogens with one attached hydrogen (secondary N) is 1. The van der Waals surface area contributed by atoms with E-state index in [1.807, 2.05) is 77.5 Å². The summed E-state index contributed by atoms with van der Waals surface area (Å²) in [6.45, 7) is 2.07. The minimum atomic E-state index is -0.281. The number of ether oxygens (including phenoxy) is 1. The fourth-order valence-corrected chi connectivity index (χ4v) is 6.36. The van der Waals surface area contributed by atoms with Gasteiger partial charge in [0.1, 0.15) is 5.75 Å². The van der Waals surface area contributed by atoms with Gasteiger partial charge in [0.2, 0.25) is 0 Å². The molecule has 0 saturated heterocycles. The first-order chi connectivity index (χ1) is 21.5. The number of thiophene rings is 1. The van der Waals surface area contributed by atoms with E-state index in [2.05, 4.69) is 39.8 Å². The molecule has 3 heterocycles. The van der Waals surface area contributed by atoms with Crippen LogP contribution in [0.3, 0.4) is 0 Å². The van der Waals surface area contributed by atoms with Gasteiger partial charge in [-0.1, -0.05) is 84.1 Å². The van der Waals surface area contributed by atoms with Gasteiger partial charge in [0.25, 0.3) is 11.8 Å². The number of carbonyl (C=O) groups is 2. The lowest BCUT2D eigenvalue weighted by Gasteiger charge is -2.22. The number of para-hydroxylation sites is 2. The van der Waals surface area contributed by atoms with Crippen LogP contribution < -0.4 is 10.1 Å². The Bertz CT molecular complexity index is 1740.